The second-order valence-corrected chi connectivity index (χ2v) is 7.93. The van der Waals surface area contributed by atoms with E-state index < -0.39 is 0 Å². The van der Waals surface area contributed by atoms with Crippen LogP contribution in [-0.4, -0.2) is 56.4 Å². The quantitative estimate of drug-likeness (QED) is 0.408. The Labute approximate surface area is 191 Å². The lowest BCUT2D eigenvalue weighted by atomic mass is 10.0. The summed E-state index contributed by atoms with van der Waals surface area (Å²) in [7, 11) is 3.24. The first kappa shape index (κ1) is 23.7. The molecule has 7 heteroatoms. The number of ether oxygens (including phenoxy) is 2. The number of phenolic OH excluding ortho intramolecular Hbond substituents is 1. The zero-order chi connectivity index (χ0) is 22.8. The lowest BCUT2D eigenvalue weighted by molar-refractivity contribution is 0.164. The lowest BCUT2D eigenvalue weighted by Crippen LogP contribution is -2.44. The van der Waals surface area contributed by atoms with Gasteiger partial charge in [-0.2, -0.15) is 0 Å². The van der Waals surface area contributed by atoms with Gasteiger partial charge in [0.2, 0.25) is 0 Å². The highest BCUT2D eigenvalue weighted by molar-refractivity contribution is 5.79. The molecule has 0 aromatic heterocycles. The third kappa shape index (κ3) is 6.29. The van der Waals surface area contributed by atoms with Gasteiger partial charge in [0.1, 0.15) is 5.75 Å². The Hall–Kier alpha value is -2.93. The van der Waals surface area contributed by atoms with Crippen LogP contribution in [0.4, 0.5) is 0 Å². The van der Waals surface area contributed by atoms with E-state index in [1.54, 1.807) is 20.3 Å². The van der Waals surface area contributed by atoms with Crippen molar-refractivity contribution in [2.24, 2.45) is 4.99 Å². The van der Waals surface area contributed by atoms with Crippen molar-refractivity contribution in [3.8, 4) is 17.2 Å². The minimum absolute atomic E-state index is 0.138. The fourth-order valence-electron chi connectivity index (χ4n) is 4.07. The van der Waals surface area contributed by atoms with Gasteiger partial charge < -0.3 is 25.2 Å². The van der Waals surface area contributed by atoms with Crippen LogP contribution in [0.25, 0.3) is 0 Å². The standard InChI is InChI=1S/C25H36N4O3/c1-4-26-25(27-17-20-9-8-10-23(32-3)24(20)30)28-18-22(29-15-6-5-7-16-29)19-11-13-21(31-2)14-12-19/h8-14,22,30H,4-7,15-18H2,1-3H3,(H2,26,27,28). The first-order chi connectivity index (χ1) is 15.7. The van der Waals surface area contributed by atoms with Gasteiger partial charge >= 0.3 is 0 Å². The number of piperidine rings is 1. The number of rotatable bonds is 9. The molecule has 32 heavy (non-hydrogen) atoms. The average Bonchev–Trinajstić information content (AvgIpc) is 2.84. The Bertz CT molecular complexity index is 864. The minimum atomic E-state index is 0.138. The van der Waals surface area contributed by atoms with Crippen LogP contribution >= 0.6 is 0 Å². The van der Waals surface area contributed by atoms with E-state index in [1.165, 1.54) is 24.8 Å². The molecule has 1 atom stereocenters. The number of hydrogen-bond donors (Lipinski definition) is 3. The number of para-hydroxylation sites is 1. The van der Waals surface area contributed by atoms with Gasteiger partial charge in [0.15, 0.2) is 17.5 Å². The predicted molar refractivity (Wildman–Crippen MR) is 129 cm³/mol. The Morgan fingerprint density at radius 3 is 2.44 bits per heavy atom. The molecular weight excluding hydrogens is 404 g/mol. The van der Waals surface area contributed by atoms with Crippen LogP contribution in [0.5, 0.6) is 17.2 Å². The Kier molecular flexibility index (Phi) is 9.04. The van der Waals surface area contributed by atoms with Crippen molar-refractivity contribution in [2.75, 3.05) is 40.4 Å². The second kappa shape index (κ2) is 12.2. The van der Waals surface area contributed by atoms with E-state index in [9.17, 15) is 5.11 Å². The molecule has 0 radical (unpaired) electrons. The molecule has 7 nitrogen and oxygen atoms in total. The number of hydrogen-bond acceptors (Lipinski definition) is 5. The summed E-state index contributed by atoms with van der Waals surface area (Å²) in [5.74, 6) is 2.19. The molecule has 0 bridgehead atoms. The van der Waals surface area contributed by atoms with E-state index in [2.05, 4.69) is 27.7 Å². The Balaban J connectivity index is 1.74. The zero-order valence-corrected chi connectivity index (χ0v) is 19.4. The molecule has 1 aliphatic heterocycles. The molecule has 2 aromatic rings. The summed E-state index contributed by atoms with van der Waals surface area (Å²) in [5.41, 5.74) is 1.99. The van der Waals surface area contributed by atoms with Gasteiger partial charge in [-0.15, -0.1) is 0 Å². The van der Waals surface area contributed by atoms with Crippen molar-refractivity contribution < 1.29 is 14.6 Å². The van der Waals surface area contributed by atoms with Crippen LogP contribution in [-0.2, 0) is 6.54 Å². The molecule has 1 fully saturated rings. The fourth-order valence-corrected chi connectivity index (χ4v) is 4.07. The second-order valence-electron chi connectivity index (χ2n) is 7.93. The average molecular weight is 441 g/mol. The van der Waals surface area contributed by atoms with Crippen molar-refractivity contribution in [3.05, 3.63) is 53.6 Å². The summed E-state index contributed by atoms with van der Waals surface area (Å²) in [6.45, 7) is 6.10. The Morgan fingerprint density at radius 1 is 1.03 bits per heavy atom. The maximum Gasteiger partial charge on any atom is 0.191 e. The van der Waals surface area contributed by atoms with Gasteiger partial charge in [0.25, 0.3) is 0 Å². The SMILES string of the molecule is CCNC(=NCc1cccc(OC)c1O)NCC(c1ccc(OC)cc1)N1CCCCC1. The van der Waals surface area contributed by atoms with Gasteiger partial charge in [0.05, 0.1) is 26.8 Å². The summed E-state index contributed by atoms with van der Waals surface area (Å²) in [6.07, 6.45) is 3.76. The molecule has 3 N–H and O–H groups in total. The monoisotopic (exact) mass is 440 g/mol. The predicted octanol–water partition coefficient (Wildman–Crippen LogP) is 3.69. The molecule has 1 unspecified atom stereocenters. The molecule has 2 aromatic carbocycles. The normalized spacial score (nSPS) is 15.8. The van der Waals surface area contributed by atoms with Gasteiger partial charge in [-0.25, -0.2) is 4.99 Å². The van der Waals surface area contributed by atoms with Crippen LogP contribution in [0.1, 0.15) is 43.4 Å². The highest BCUT2D eigenvalue weighted by Crippen LogP contribution is 2.30. The van der Waals surface area contributed by atoms with Crippen molar-refractivity contribution in [2.45, 2.75) is 38.8 Å². The smallest absolute Gasteiger partial charge is 0.191 e. The largest absolute Gasteiger partial charge is 0.504 e. The summed E-state index contributed by atoms with van der Waals surface area (Å²) in [6, 6.07) is 14.1. The van der Waals surface area contributed by atoms with Crippen LogP contribution in [0.15, 0.2) is 47.5 Å². The molecule has 1 saturated heterocycles. The number of aromatic hydroxyl groups is 1. The molecule has 0 amide bonds. The van der Waals surface area contributed by atoms with Crippen LogP contribution in [0.3, 0.4) is 0 Å². The van der Waals surface area contributed by atoms with E-state index in [0.717, 1.165) is 43.5 Å². The third-order valence-corrected chi connectivity index (χ3v) is 5.85. The highest BCUT2D eigenvalue weighted by atomic mass is 16.5. The molecule has 0 spiro atoms. The number of benzene rings is 2. The van der Waals surface area contributed by atoms with Crippen LogP contribution in [0.2, 0.25) is 0 Å². The Morgan fingerprint density at radius 2 is 1.78 bits per heavy atom. The third-order valence-electron chi connectivity index (χ3n) is 5.85. The summed E-state index contributed by atoms with van der Waals surface area (Å²) < 4.78 is 10.5. The van der Waals surface area contributed by atoms with Crippen molar-refractivity contribution in [1.82, 2.24) is 15.5 Å². The number of nitrogens with zero attached hydrogens (tertiary/aromatic N) is 2. The molecule has 0 saturated carbocycles. The van der Waals surface area contributed by atoms with Gasteiger partial charge in [-0.3, -0.25) is 4.90 Å². The summed E-state index contributed by atoms with van der Waals surface area (Å²) >= 11 is 0. The van der Waals surface area contributed by atoms with Crippen LogP contribution < -0.4 is 20.1 Å². The molecule has 1 aliphatic rings. The molecule has 1 heterocycles. The zero-order valence-electron chi connectivity index (χ0n) is 19.4. The minimum Gasteiger partial charge on any atom is -0.504 e. The number of nitrogens with one attached hydrogen (secondary N) is 2. The number of methoxy groups -OCH3 is 2. The highest BCUT2D eigenvalue weighted by Gasteiger charge is 2.22. The van der Waals surface area contributed by atoms with Crippen molar-refractivity contribution in [3.63, 3.8) is 0 Å². The summed E-state index contributed by atoms with van der Waals surface area (Å²) in [4.78, 5) is 7.25. The van der Waals surface area contributed by atoms with Gasteiger partial charge in [0, 0.05) is 18.7 Å². The molecule has 0 aliphatic carbocycles. The van der Waals surface area contributed by atoms with E-state index in [1.807, 2.05) is 31.2 Å². The maximum atomic E-state index is 10.4. The molecule has 174 valence electrons. The number of guanidine groups is 1. The van der Waals surface area contributed by atoms with Gasteiger partial charge in [-0.1, -0.05) is 30.7 Å². The molecule has 3 rings (SSSR count). The summed E-state index contributed by atoms with van der Waals surface area (Å²) in [5, 5.41) is 17.2. The number of phenols is 1. The van der Waals surface area contributed by atoms with Crippen LogP contribution in [0, 0.1) is 0 Å². The first-order valence-corrected chi connectivity index (χ1v) is 11.4. The van der Waals surface area contributed by atoms with E-state index >= 15 is 0 Å². The topological polar surface area (TPSA) is 78.4 Å². The lowest BCUT2D eigenvalue weighted by Gasteiger charge is -2.35. The van der Waals surface area contributed by atoms with E-state index in [0.29, 0.717) is 12.3 Å². The molecular formula is C25H36N4O3. The van der Waals surface area contributed by atoms with Gasteiger partial charge in [-0.05, 0) is 56.6 Å². The fraction of sp³-hybridized carbons (Fsp3) is 0.480. The number of likely N-dealkylation sites (tertiary alicyclic amines) is 1. The van der Waals surface area contributed by atoms with Crippen molar-refractivity contribution >= 4 is 5.96 Å². The van der Waals surface area contributed by atoms with E-state index in [4.69, 9.17) is 14.5 Å². The van der Waals surface area contributed by atoms with E-state index in [-0.39, 0.29) is 11.8 Å². The maximum absolute atomic E-state index is 10.4. The van der Waals surface area contributed by atoms with Crippen molar-refractivity contribution in [1.29, 1.82) is 0 Å². The number of aliphatic imine (C=N–C) groups is 1. The first-order valence-electron chi connectivity index (χ1n) is 11.4.